The highest BCUT2D eigenvalue weighted by Gasteiger charge is 2.15. The molecule has 2 aromatic carbocycles. The van der Waals surface area contributed by atoms with E-state index in [1.54, 1.807) is 24.3 Å². The third kappa shape index (κ3) is 5.25. The zero-order chi connectivity index (χ0) is 16.7. The Bertz CT molecular complexity index is 676. The second-order valence-corrected chi connectivity index (χ2v) is 5.11. The molecule has 0 saturated heterocycles. The molecule has 2 atom stereocenters. The van der Waals surface area contributed by atoms with Gasteiger partial charge in [0.2, 0.25) is 0 Å². The van der Waals surface area contributed by atoms with Gasteiger partial charge in [0.05, 0.1) is 0 Å². The van der Waals surface area contributed by atoms with Gasteiger partial charge in [-0.2, -0.15) is 0 Å². The first kappa shape index (κ1) is 16.7. The van der Waals surface area contributed by atoms with Crippen LogP contribution in [0.15, 0.2) is 48.5 Å². The summed E-state index contributed by atoms with van der Waals surface area (Å²) >= 11 is 0. The maximum atomic E-state index is 13.2. The molecule has 2 unspecified atom stereocenters. The van der Waals surface area contributed by atoms with Crippen molar-refractivity contribution in [1.29, 1.82) is 0 Å². The Kier molecular flexibility index (Phi) is 5.92. The van der Waals surface area contributed by atoms with E-state index < -0.39 is 12.2 Å². The van der Waals surface area contributed by atoms with Crippen molar-refractivity contribution in [2.75, 3.05) is 0 Å². The van der Waals surface area contributed by atoms with Crippen LogP contribution in [-0.2, 0) is 17.6 Å². The smallest absolute Gasteiger partial charge is 0.123 e. The quantitative estimate of drug-likeness (QED) is 0.738. The fraction of sp³-hybridized carbons (Fsp3) is 0.200. The third-order valence-electron chi connectivity index (χ3n) is 3.32. The maximum Gasteiger partial charge on any atom is 0.123 e. The number of rotatable bonds is 6. The summed E-state index contributed by atoms with van der Waals surface area (Å²) in [6.07, 6.45) is 10.5. The monoisotopic (exact) mass is 310 g/mol. The third-order valence-corrected chi connectivity index (χ3v) is 3.32. The molecule has 0 amide bonds. The van der Waals surface area contributed by atoms with Crippen LogP contribution in [0.4, 0.5) is 8.78 Å². The van der Waals surface area contributed by atoms with Gasteiger partial charge in [-0.1, -0.05) is 36.1 Å². The van der Waals surface area contributed by atoms with Crippen molar-refractivity contribution in [1.82, 2.24) is 0 Å². The second-order valence-electron chi connectivity index (χ2n) is 5.11. The van der Waals surface area contributed by atoms with Crippen LogP contribution in [0, 0.1) is 36.3 Å². The Morgan fingerprint density at radius 3 is 1.61 bits per heavy atom. The van der Waals surface area contributed by atoms with Gasteiger partial charge in [-0.05, 0) is 35.4 Å². The molecule has 0 radical (unpaired) electrons. The predicted octanol–water partition coefficient (Wildman–Crippen LogP) is 3.77. The molecule has 0 fully saturated rings. The van der Waals surface area contributed by atoms with Crippen LogP contribution in [0.2, 0.25) is 0 Å². The van der Waals surface area contributed by atoms with E-state index in [2.05, 4.69) is 11.8 Å². The molecule has 2 aromatic rings. The van der Waals surface area contributed by atoms with E-state index in [-0.39, 0.29) is 11.6 Å². The van der Waals surface area contributed by atoms with Gasteiger partial charge in [0.25, 0.3) is 0 Å². The molecule has 0 saturated carbocycles. The van der Waals surface area contributed by atoms with Crippen molar-refractivity contribution in [3.63, 3.8) is 0 Å². The fourth-order valence-corrected chi connectivity index (χ4v) is 2.25. The van der Waals surface area contributed by atoms with Crippen LogP contribution < -0.4 is 0 Å². The van der Waals surface area contributed by atoms with Gasteiger partial charge in [-0.3, -0.25) is 0 Å². The number of ether oxygens (including phenoxy) is 1. The molecule has 23 heavy (non-hydrogen) atoms. The second kappa shape index (κ2) is 8.13. The summed E-state index contributed by atoms with van der Waals surface area (Å²) in [6.45, 7) is 0. The molecule has 3 heteroatoms. The van der Waals surface area contributed by atoms with Crippen LogP contribution in [-0.4, -0.2) is 12.2 Å². The maximum absolute atomic E-state index is 13.2. The van der Waals surface area contributed by atoms with Gasteiger partial charge in [-0.25, -0.2) is 8.78 Å². The van der Waals surface area contributed by atoms with E-state index in [9.17, 15) is 8.78 Å². The summed E-state index contributed by atoms with van der Waals surface area (Å²) in [4.78, 5) is 0. The highest BCUT2D eigenvalue weighted by molar-refractivity contribution is 5.21. The van der Waals surface area contributed by atoms with Gasteiger partial charge < -0.3 is 4.74 Å². The van der Waals surface area contributed by atoms with Crippen molar-refractivity contribution in [3.05, 3.63) is 71.3 Å². The van der Waals surface area contributed by atoms with Crippen LogP contribution in [0.1, 0.15) is 11.1 Å². The molecule has 0 aliphatic carbocycles. The van der Waals surface area contributed by atoms with E-state index in [4.69, 9.17) is 17.6 Å². The summed E-state index contributed by atoms with van der Waals surface area (Å²) < 4.78 is 32.1. The topological polar surface area (TPSA) is 9.23 Å². The van der Waals surface area contributed by atoms with E-state index >= 15 is 0 Å². The molecule has 116 valence electrons. The SMILES string of the molecule is C#CC(Cc1cccc(F)c1)OC(C#C)Cc1cccc(F)c1. The van der Waals surface area contributed by atoms with Crippen molar-refractivity contribution in [2.45, 2.75) is 25.0 Å². The normalized spacial score (nSPS) is 12.9. The lowest BCUT2D eigenvalue weighted by Gasteiger charge is -2.18. The zero-order valence-corrected chi connectivity index (χ0v) is 12.5. The molecular weight excluding hydrogens is 294 g/mol. The van der Waals surface area contributed by atoms with Gasteiger partial charge in [0.1, 0.15) is 23.8 Å². The Balaban J connectivity index is 2.01. The average Bonchev–Trinajstić information content (AvgIpc) is 2.53. The molecule has 0 bridgehead atoms. The van der Waals surface area contributed by atoms with Crippen LogP contribution in [0.3, 0.4) is 0 Å². The summed E-state index contributed by atoms with van der Waals surface area (Å²) in [5, 5.41) is 0. The number of terminal acetylenes is 2. The van der Waals surface area contributed by atoms with Crippen molar-refractivity contribution in [3.8, 4) is 24.7 Å². The highest BCUT2D eigenvalue weighted by Crippen LogP contribution is 2.13. The summed E-state index contributed by atoms with van der Waals surface area (Å²) in [7, 11) is 0. The Morgan fingerprint density at radius 1 is 0.826 bits per heavy atom. The molecule has 1 nitrogen and oxygen atoms in total. The molecule has 0 aliphatic heterocycles. The van der Waals surface area contributed by atoms with Crippen LogP contribution in [0.25, 0.3) is 0 Å². The van der Waals surface area contributed by atoms with E-state index in [1.807, 2.05) is 0 Å². The van der Waals surface area contributed by atoms with Crippen LogP contribution in [0.5, 0.6) is 0 Å². The minimum absolute atomic E-state index is 0.327. The van der Waals surface area contributed by atoms with Crippen LogP contribution >= 0.6 is 0 Å². The standard InChI is InChI=1S/C20H16F2O/c1-3-19(13-15-7-5-9-17(21)11-15)23-20(4-2)14-16-8-6-10-18(22)12-16/h1-2,5-12,19-20H,13-14H2. The fourth-order valence-electron chi connectivity index (χ4n) is 2.25. The van der Waals surface area contributed by atoms with Gasteiger partial charge in [-0.15, -0.1) is 12.8 Å². The highest BCUT2D eigenvalue weighted by atomic mass is 19.1. The summed E-state index contributed by atoms with van der Waals surface area (Å²) in [5.41, 5.74) is 1.46. The lowest BCUT2D eigenvalue weighted by atomic mass is 10.1. The Morgan fingerprint density at radius 2 is 1.26 bits per heavy atom. The molecule has 2 rings (SSSR count). The summed E-state index contributed by atoms with van der Waals surface area (Å²) in [6, 6.07) is 12.3. The van der Waals surface area contributed by atoms with Crippen molar-refractivity contribution >= 4 is 0 Å². The molecule has 0 aromatic heterocycles. The van der Waals surface area contributed by atoms with Crippen molar-refractivity contribution < 1.29 is 13.5 Å². The largest absolute Gasteiger partial charge is 0.349 e. The number of hydrogen-bond donors (Lipinski definition) is 0. The molecule has 0 N–H and O–H groups in total. The zero-order valence-electron chi connectivity index (χ0n) is 12.5. The van der Waals surface area contributed by atoms with E-state index in [0.717, 1.165) is 11.1 Å². The molecule has 0 heterocycles. The van der Waals surface area contributed by atoms with Gasteiger partial charge >= 0.3 is 0 Å². The molecular formula is C20H16F2O. The first-order chi connectivity index (χ1) is 11.1. The lowest BCUT2D eigenvalue weighted by Crippen LogP contribution is -2.23. The predicted molar refractivity (Wildman–Crippen MR) is 86.5 cm³/mol. The van der Waals surface area contributed by atoms with Gasteiger partial charge in [0.15, 0.2) is 0 Å². The lowest BCUT2D eigenvalue weighted by molar-refractivity contribution is 0.0532. The minimum Gasteiger partial charge on any atom is -0.349 e. The van der Waals surface area contributed by atoms with Crippen molar-refractivity contribution in [2.24, 2.45) is 0 Å². The Labute approximate surface area is 135 Å². The van der Waals surface area contributed by atoms with E-state index in [1.165, 1.54) is 24.3 Å². The first-order valence-electron chi connectivity index (χ1n) is 7.17. The number of hydrogen-bond acceptors (Lipinski definition) is 1. The van der Waals surface area contributed by atoms with E-state index in [0.29, 0.717) is 12.8 Å². The number of halogens is 2. The average molecular weight is 310 g/mol. The minimum atomic E-state index is -0.577. The molecule has 0 spiro atoms. The molecule has 0 aliphatic rings. The Hall–Kier alpha value is -2.62. The number of benzene rings is 2. The first-order valence-corrected chi connectivity index (χ1v) is 7.17. The summed E-state index contributed by atoms with van der Waals surface area (Å²) in [5.74, 6) is 4.38. The van der Waals surface area contributed by atoms with Gasteiger partial charge in [0, 0.05) is 12.8 Å².